The highest BCUT2D eigenvalue weighted by Crippen LogP contribution is 2.33. The van der Waals surface area contributed by atoms with Crippen LogP contribution in [0.2, 0.25) is 0 Å². The summed E-state index contributed by atoms with van der Waals surface area (Å²) < 4.78 is 5.53. The molecule has 1 aromatic rings. The Morgan fingerprint density at radius 1 is 1.56 bits per heavy atom. The summed E-state index contributed by atoms with van der Waals surface area (Å²) in [4.78, 5) is 23.9. The lowest BCUT2D eigenvalue weighted by molar-refractivity contribution is -0.146. The number of ether oxygens (including phenoxy) is 1. The van der Waals surface area contributed by atoms with Gasteiger partial charge in [-0.05, 0) is 19.1 Å². The zero-order chi connectivity index (χ0) is 13.2. The summed E-state index contributed by atoms with van der Waals surface area (Å²) in [5.74, 6) is -0.495. The zero-order valence-electron chi connectivity index (χ0n) is 10.0. The molecule has 0 aromatic heterocycles. The molecule has 1 atom stereocenters. The van der Waals surface area contributed by atoms with Crippen LogP contribution in [0.25, 0.3) is 0 Å². The van der Waals surface area contributed by atoms with E-state index in [1.807, 2.05) is 0 Å². The van der Waals surface area contributed by atoms with Crippen molar-refractivity contribution in [3.05, 3.63) is 36.9 Å². The molecule has 2 rings (SSSR count). The Hall–Kier alpha value is -2.30. The smallest absolute Gasteiger partial charge is 0.278 e. The fourth-order valence-electron chi connectivity index (χ4n) is 1.65. The second kappa shape index (κ2) is 4.52. The van der Waals surface area contributed by atoms with E-state index in [4.69, 9.17) is 4.74 Å². The number of benzene rings is 1. The monoisotopic (exact) mass is 246 g/mol. The number of carbonyl (C=O) groups is 2. The molecule has 0 aliphatic carbocycles. The number of nitrogens with one attached hydrogen (secondary N) is 2. The molecular formula is C13H14N2O3. The average molecular weight is 246 g/mol. The summed E-state index contributed by atoms with van der Waals surface area (Å²) in [6.45, 7) is 5.22. The largest absolute Gasteiger partial charge is 0.466 e. The first-order valence-electron chi connectivity index (χ1n) is 5.56. The molecule has 1 heterocycles. The molecule has 1 aliphatic heterocycles. The van der Waals surface area contributed by atoms with Gasteiger partial charge in [-0.25, -0.2) is 0 Å². The van der Waals surface area contributed by atoms with Crippen molar-refractivity contribution in [2.24, 2.45) is 0 Å². The van der Waals surface area contributed by atoms with Gasteiger partial charge in [0.2, 0.25) is 0 Å². The second-order valence-corrected chi connectivity index (χ2v) is 4.08. The maximum atomic E-state index is 12.0. The molecule has 94 valence electrons. The van der Waals surface area contributed by atoms with Gasteiger partial charge in [-0.15, -0.1) is 6.58 Å². The van der Waals surface area contributed by atoms with E-state index in [0.29, 0.717) is 11.4 Å². The standard InChI is InChI=1S/C13H14N2O3/c1-3-8-14-11(16)13(2)12(17)15-9-6-4-5-7-10(9)18-13/h3-7H,1,8H2,2H3,(H,14,16)(H,15,17)/t13-/m0/s1. The van der Waals surface area contributed by atoms with Crippen LogP contribution in [0.3, 0.4) is 0 Å². The minimum atomic E-state index is -1.56. The number of amides is 2. The van der Waals surface area contributed by atoms with Gasteiger partial charge in [-0.2, -0.15) is 0 Å². The first-order valence-corrected chi connectivity index (χ1v) is 5.56. The molecule has 0 bridgehead atoms. The number of rotatable bonds is 3. The molecule has 18 heavy (non-hydrogen) atoms. The van der Waals surface area contributed by atoms with Crippen molar-refractivity contribution < 1.29 is 14.3 Å². The lowest BCUT2D eigenvalue weighted by Gasteiger charge is -2.33. The summed E-state index contributed by atoms with van der Waals surface area (Å²) in [6, 6.07) is 6.98. The molecule has 5 heteroatoms. The predicted octanol–water partition coefficient (Wildman–Crippen LogP) is 1.08. The zero-order valence-corrected chi connectivity index (χ0v) is 10.0. The maximum Gasteiger partial charge on any atom is 0.278 e. The van der Waals surface area contributed by atoms with Crippen LogP contribution >= 0.6 is 0 Å². The van der Waals surface area contributed by atoms with Gasteiger partial charge in [0.1, 0.15) is 5.75 Å². The molecule has 0 spiro atoms. The second-order valence-electron chi connectivity index (χ2n) is 4.08. The van der Waals surface area contributed by atoms with Crippen molar-refractivity contribution >= 4 is 17.5 Å². The molecule has 1 aromatic carbocycles. The Morgan fingerprint density at radius 2 is 2.28 bits per heavy atom. The van der Waals surface area contributed by atoms with Gasteiger partial charge < -0.3 is 15.4 Å². The molecule has 2 amide bonds. The lowest BCUT2D eigenvalue weighted by Crippen LogP contribution is -2.58. The lowest BCUT2D eigenvalue weighted by atomic mass is 10.0. The number of hydrogen-bond donors (Lipinski definition) is 2. The Labute approximate surface area is 105 Å². The summed E-state index contributed by atoms with van der Waals surface area (Å²) in [5.41, 5.74) is -0.992. The molecule has 0 saturated heterocycles. The van der Waals surface area contributed by atoms with Crippen molar-refractivity contribution in [1.82, 2.24) is 5.32 Å². The van der Waals surface area contributed by atoms with Gasteiger partial charge in [-0.3, -0.25) is 9.59 Å². The van der Waals surface area contributed by atoms with E-state index in [2.05, 4.69) is 17.2 Å². The minimum absolute atomic E-state index is 0.284. The fourth-order valence-corrected chi connectivity index (χ4v) is 1.65. The summed E-state index contributed by atoms with van der Waals surface area (Å²) in [6.07, 6.45) is 1.54. The Bertz CT molecular complexity index is 513. The van der Waals surface area contributed by atoms with Crippen LogP contribution in [-0.4, -0.2) is 24.0 Å². The number of anilines is 1. The molecular weight excluding hydrogens is 232 g/mol. The van der Waals surface area contributed by atoms with Crippen LogP contribution in [0.15, 0.2) is 36.9 Å². The van der Waals surface area contributed by atoms with Crippen molar-refractivity contribution in [2.75, 3.05) is 11.9 Å². The predicted molar refractivity (Wildman–Crippen MR) is 67.3 cm³/mol. The van der Waals surface area contributed by atoms with Gasteiger partial charge in [0.25, 0.3) is 17.4 Å². The fraction of sp³-hybridized carbons (Fsp3) is 0.231. The third kappa shape index (κ3) is 1.95. The Kier molecular flexibility index (Phi) is 3.06. The van der Waals surface area contributed by atoms with E-state index in [1.165, 1.54) is 13.0 Å². The number of fused-ring (bicyclic) bond motifs is 1. The van der Waals surface area contributed by atoms with E-state index in [1.54, 1.807) is 24.3 Å². The van der Waals surface area contributed by atoms with Gasteiger partial charge in [0.15, 0.2) is 0 Å². The molecule has 0 saturated carbocycles. The molecule has 2 N–H and O–H groups in total. The molecule has 0 unspecified atom stereocenters. The number of para-hydroxylation sites is 2. The third-order valence-corrected chi connectivity index (χ3v) is 2.72. The highest BCUT2D eigenvalue weighted by atomic mass is 16.5. The summed E-state index contributed by atoms with van der Waals surface area (Å²) >= 11 is 0. The first kappa shape index (κ1) is 12.2. The normalized spacial score (nSPS) is 21.3. The topological polar surface area (TPSA) is 67.4 Å². The van der Waals surface area contributed by atoms with Crippen LogP contribution in [0.4, 0.5) is 5.69 Å². The molecule has 0 radical (unpaired) electrons. The first-order chi connectivity index (χ1) is 8.58. The van der Waals surface area contributed by atoms with Crippen molar-refractivity contribution in [2.45, 2.75) is 12.5 Å². The van der Waals surface area contributed by atoms with Gasteiger partial charge in [0.05, 0.1) is 5.69 Å². The van der Waals surface area contributed by atoms with Gasteiger partial charge >= 0.3 is 0 Å². The van der Waals surface area contributed by atoms with E-state index in [-0.39, 0.29) is 6.54 Å². The number of carbonyl (C=O) groups excluding carboxylic acids is 2. The quantitative estimate of drug-likeness (QED) is 0.619. The van der Waals surface area contributed by atoms with Crippen LogP contribution in [0.1, 0.15) is 6.92 Å². The summed E-state index contributed by atoms with van der Waals surface area (Å²) in [7, 11) is 0. The number of hydrogen-bond acceptors (Lipinski definition) is 3. The van der Waals surface area contributed by atoms with Gasteiger partial charge in [-0.1, -0.05) is 18.2 Å². The highest BCUT2D eigenvalue weighted by molar-refractivity contribution is 6.15. The SMILES string of the molecule is C=CCNC(=O)[C@]1(C)Oc2ccccc2NC1=O. The molecule has 0 fully saturated rings. The van der Waals surface area contributed by atoms with Crippen LogP contribution in [-0.2, 0) is 9.59 Å². The highest BCUT2D eigenvalue weighted by Gasteiger charge is 2.46. The molecule has 1 aliphatic rings. The minimum Gasteiger partial charge on any atom is -0.466 e. The van der Waals surface area contributed by atoms with Gasteiger partial charge in [0, 0.05) is 6.54 Å². The maximum absolute atomic E-state index is 12.0. The van der Waals surface area contributed by atoms with E-state index < -0.39 is 17.4 Å². The van der Waals surface area contributed by atoms with Crippen LogP contribution in [0, 0.1) is 0 Å². The third-order valence-electron chi connectivity index (χ3n) is 2.72. The van der Waals surface area contributed by atoms with E-state index in [9.17, 15) is 9.59 Å². The Balaban J connectivity index is 2.27. The average Bonchev–Trinajstić information content (AvgIpc) is 2.37. The van der Waals surface area contributed by atoms with Crippen molar-refractivity contribution in [1.29, 1.82) is 0 Å². The van der Waals surface area contributed by atoms with Crippen molar-refractivity contribution in [3.8, 4) is 5.75 Å². The van der Waals surface area contributed by atoms with Crippen molar-refractivity contribution in [3.63, 3.8) is 0 Å². The summed E-state index contributed by atoms with van der Waals surface area (Å²) in [5, 5.41) is 5.22. The Morgan fingerprint density at radius 3 is 3.00 bits per heavy atom. The van der Waals surface area contributed by atoms with Crippen LogP contribution < -0.4 is 15.4 Å². The van der Waals surface area contributed by atoms with Crippen LogP contribution in [0.5, 0.6) is 5.75 Å². The van der Waals surface area contributed by atoms with E-state index in [0.717, 1.165) is 0 Å². The van der Waals surface area contributed by atoms with E-state index >= 15 is 0 Å². The molecule has 5 nitrogen and oxygen atoms in total.